The molecule has 0 aromatic heterocycles. The maximum Gasteiger partial charge on any atom is 0.304 e. The normalized spacial score (nSPS) is 12.7. The summed E-state index contributed by atoms with van der Waals surface area (Å²) >= 11 is 0. The summed E-state index contributed by atoms with van der Waals surface area (Å²) in [6, 6.07) is 8.50. The van der Waals surface area contributed by atoms with Crippen molar-refractivity contribution in [3.8, 4) is 5.75 Å². The molecule has 0 fully saturated rings. The zero-order valence-electron chi connectivity index (χ0n) is 13.5. The van der Waals surface area contributed by atoms with Crippen molar-refractivity contribution in [2.75, 3.05) is 13.6 Å². The molecule has 1 aromatic carbocycles. The van der Waals surface area contributed by atoms with Gasteiger partial charge in [-0.25, -0.2) is 0 Å². The first-order valence-corrected chi connectivity index (χ1v) is 7.60. The molecule has 1 aromatic rings. The van der Waals surface area contributed by atoms with Crippen LogP contribution in [-0.4, -0.2) is 41.7 Å². The molecule has 0 aliphatic rings. The van der Waals surface area contributed by atoms with Crippen LogP contribution in [0.5, 0.6) is 5.75 Å². The molecular weight excluding hydrogens is 266 g/mol. The van der Waals surface area contributed by atoms with Crippen LogP contribution in [0.4, 0.5) is 0 Å². The molecule has 0 saturated heterocycles. The van der Waals surface area contributed by atoms with Crippen LogP contribution >= 0.6 is 0 Å². The molecule has 4 heteroatoms. The third kappa shape index (κ3) is 6.63. The third-order valence-electron chi connectivity index (χ3n) is 3.51. The summed E-state index contributed by atoms with van der Waals surface area (Å²) in [6.07, 6.45) is 2.25. The Hall–Kier alpha value is -1.55. The lowest BCUT2D eigenvalue weighted by Gasteiger charge is -2.27. The van der Waals surface area contributed by atoms with Crippen LogP contribution < -0.4 is 4.74 Å². The van der Waals surface area contributed by atoms with E-state index in [2.05, 4.69) is 24.0 Å². The summed E-state index contributed by atoms with van der Waals surface area (Å²) in [5.74, 6) is 0.148. The van der Waals surface area contributed by atoms with Gasteiger partial charge in [-0.3, -0.25) is 4.79 Å². The maximum atomic E-state index is 10.7. The maximum absolute atomic E-state index is 10.7. The number of rotatable bonds is 9. The fraction of sp³-hybridized carbons (Fsp3) is 0.588. The Morgan fingerprint density at radius 3 is 2.67 bits per heavy atom. The highest BCUT2D eigenvalue weighted by molar-refractivity contribution is 5.66. The molecular formula is C17H27NO3. The standard InChI is InChI=1S/C17H27NO3/c1-5-15(18(4)10-9-17(19)20)11-14-7-6-8-16(12-14)21-13(2)3/h6-8,12-13,15H,5,9-11H2,1-4H3,(H,19,20). The number of nitrogens with zero attached hydrogens (tertiary/aromatic N) is 1. The first-order valence-electron chi connectivity index (χ1n) is 7.60. The molecule has 0 aliphatic heterocycles. The molecule has 1 rings (SSSR count). The number of aliphatic carboxylic acids is 1. The van der Waals surface area contributed by atoms with Crippen molar-refractivity contribution >= 4 is 5.97 Å². The Labute approximate surface area is 127 Å². The van der Waals surface area contributed by atoms with E-state index >= 15 is 0 Å². The molecule has 0 saturated carbocycles. The summed E-state index contributed by atoms with van der Waals surface area (Å²) in [5.41, 5.74) is 1.22. The number of ether oxygens (including phenoxy) is 1. The van der Waals surface area contributed by atoms with Crippen LogP contribution in [0.25, 0.3) is 0 Å². The summed E-state index contributed by atoms with van der Waals surface area (Å²) < 4.78 is 5.72. The van der Waals surface area contributed by atoms with E-state index in [1.807, 2.05) is 33.0 Å². The number of carboxylic acid groups (broad SMARTS) is 1. The second-order valence-electron chi connectivity index (χ2n) is 5.70. The van der Waals surface area contributed by atoms with Gasteiger partial charge < -0.3 is 14.7 Å². The van der Waals surface area contributed by atoms with Crippen LogP contribution in [0.2, 0.25) is 0 Å². The highest BCUT2D eigenvalue weighted by atomic mass is 16.5. The van der Waals surface area contributed by atoms with Gasteiger partial charge in [0.25, 0.3) is 0 Å². The first kappa shape index (κ1) is 17.5. The molecule has 0 radical (unpaired) electrons. The number of hydrogen-bond acceptors (Lipinski definition) is 3. The minimum absolute atomic E-state index is 0.167. The van der Waals surface area contributed by atoms with Gasteiger partial charge in [0, 0.05) is 12.6 Å². The van der Waals surface area contributed by atoms with Gasteiger partial charge in [0.1, 0.15) is 5.75 Å². The number of benzene rings is 1. The summed E-state index contributed by atoms with van der Waals surface area (Å²) in [7, 11) is 1.99. The summed E-state index contributed by atoms with van der Waals surface area (Å²) in [5, 5.41) is 8.78. The number of likely N-dealkylation sites (N-methyl/N-ethyl adjacent to an activating group) is 1. The predicted molar refractivity (Wildman–Crippen MR) is 84.9 cm³/mol. The smallest absolute Gasteiger partial charge is 0.304 e. The van der Waals surface area contributed by atoms with E-state index in [9.17, 15) is 4.79 Å². The second kappa shape index (κ2) is 8.67. The van der Waals surface area contributed by atoms with E-state index in [0.717, 1.165) is 18.6 Å². The fourth-order valence-electron chi connectivity index (χ4n) is 2.36. The second-order valence-corrected chi connectivity index (χ2v) is 5.70. The van der Waals surface area contributed by atoms with Crippen molar-refractivity contribution < 1.29 is 14.6 Å². The van der Waals surface area contributed by atoms with Crippen LogP contribution in [0.1, 0.15) is 39.2 Å². The highest BCUT2D eigenvalue weighted by Crippen LogP contribution is 2.18. The quantitative estimate of drug-likeness (QED) is 0.759. The lowest BCUT2D eigenvalue weighted by Crippen LogP contribution is -2.34. The predicted octanol–water partition coefficient (Wildman–Crippen LogP) is 3.20. The minimum Gasteiger partial charge on any atom is -0.491 e. The molecule has 0 amide bonds. The largest absolute Gasteiger partial charge is 0.491 e. The monoisotopic (exact) mass is 293 g/mol. The van der Waals surface area contributed by atoms with Crippen LogP contribution in [0.15, 0.2) is 24.3 Å². The number of carboxylic acids is 1. The number of hydrogen-bond donors (Lipinski definition) is 1. The van der Waals surface area contributed by atoms with Crippen molar-refractivity contribution in [3.63, 3.8) is 0 Å². The Kier molecular flexibility index (Phi) is 7.23. The molecule has 1 unspecified atom stereocenters. The van der Waals surface area contributed by atoms with E-state index < -0.39 is 5.97 Å². The van der Waals surface area contributed by atoms with Gasteiger partial charge in [-0.1, -0.05) is 19.1 Å². The lowest BCUT2D eigenvalue weighted by atomic mass is 10.0. The molecule has 0 heterocycles. The zero-order valence-corrected chi connectivity index (χ0v) is 13.5. The van der Waals surface area contributed by atoms with Crippen molar-refractivity contribution in [1.82, 2.24) is 4.90 Å². The van der Waals surface area contributed by atoms with Crippen LogP contribution in [0.3, 0.4) is 0 Å². The van der Waals surface area contributed by atoms with Crippen molar-refractivity contribution in [2.45, 2.75) is 52.2 Å². The molecule has 21 heavy (non-hydrogen) atoms. The Balaban J connectivity index is 2.65. The van der Waals surface area contributed by atoms with E-state index in [4.69, 9.17) is 9.84 Å². The topological polar surface area (TPSA) is 49.8 Å². The van der Waals surface area contributed by atoms with Gasteiger partial charge in [-0.15, -0.1) is 0 Å². The average molecular weight is 293 g/mol. The minimum atomic E-state index is -0.746. The van der Waals surface area contributed by atoms with Gasteiger partial charge in [0.05, 0.1) is 12.5 Å². The molecule has 0 bridgehead atoms. The van der Waals surface area contributed by atoms with E-state index in [-0.39, 0.29) is 12.5 Å². The van der Waals surface area contributed by atoms with E-state index in [0.29, 0.717) is 12.6 Å². The highest BCUT2D eigenvalue weighted by Gasteiger charge is 2.14. The van der Waals surface area contributed by atoms with E-state index in [1.54, 1.807) is 0 Å². The zero-order chi connectivity index (χ0) is 15.8. The SMILES string of the molecule is CCC(Cc1cccc(OC(C)C)c1)N(C)CCC(=O)O. The summed E-state index contributed by atoms with van der Waals surface area (Å²) in [6.45, 7) is 6.74. The fourth-order valence-corrected chi connectivity index (χ4v) is 2.36. The first-order chi connectivity index (χ1) is 9.92. The van der Waals surface area contributed by atoms with Gasteiger partial charge in [0.2, 0.25) is 0 Å². The van der Waals surface area contributed by atoms with Gasteiger partial charge >= 0.3 is 5.97 Å². The lowest BCUT2D eigenvalue weighted by molar-refractivity contribution is -0.137. The van der Waals surface area contributed by atoms with Crippen molar-refractivity contribution in [1.29, 1.82) is 0 Å². The molecule has 118 valence electrons. The molecule has 4 nitrogen and oxygen atoms in total. The Morgan fingerprint density at radius 2 is 2.10 bits per heavy atom. The van der Waals surface area contributed by atoms with Gasteiger partial charge in [-0.05, 0) is 51.4 Å². The molecule has 1 N–H and O–H groups in total. The summed E-state index contributed by atoms with van der Waals surface area (Å²) in [4.78, 5) is 12.8. The number of carbonyl (C=O) groups is 1. The van der Waals surface area contributed by atoms with Crippen molar-refractivity contribution in [2.24, 2.45) is 0 Å². The third-order valence-corrected chi connectivity index (χ3v) is 3.51. The Morgan fingerprint density at radius 1 is 1.38 bits per heavy atom. The Bertz CT molecular complexity index is 445. The molecule has 1 atom stereocenters. The molecule has 0 spiro atoms. The van der Waals surface area contributed by atoms with Gasteiger partial charge in [-0.2, -0.15) is 0 Å². The molecule has 0 aliphatic carbocycles. The van der Waals surface area contributed by atoms with Crippen LogP contribution in [-0.2, 0) is 11.2 Å². The van der Waals surface area contributed by atoms with E-state index in [1.165, 1.54) is 5.56 Å². The average Bonchev–Trinajstić information content (AvgIpc) is 2.41. The van der Waals surface area contributed by atoms with Gasteiger partial charge in [0.15, 0.2) is 0 Å². The van der Waals surface area contributed by atoms with Crippen LogP contribution in [0, 0.1) is 0 Å². The van der Waals surface area contributed by atoms with Crippen molar-refractivity contribution in [3.05, 3.63) is 29.8 Å².